The average molecular weight is 431 g/mol. The van der Waals surface area contributed by atoms with Gasteiger partial charge < -0.3 is 44.0 Å². The Balaban J connectivity index is 5.41. The minimum atomic E-state index is -1.62. The van der Waals surface area contributed by atoms with E-state index in [0.717, 1.165) is 6.92 Å². The van der Waals surface area contributed by atoms with Crippen molar-refractivity contribution < 1.29 is 38.7 Å². The van der Waals surface area contributed by atoms with E-state index in [2.05, 4.69) is 10.6 Å². The van der Waals surface area contributed by atoms with Crippen LogP contribution in [0.2, 0.25) is 0 Å². The summed E-state index contributed by atoms with van der Waals surface area (Å²) >= 11 is 0. The summed E-state index contributed by atoms with van der Waals surface area (Å²) in [7, 11) is 0. The number of hydrogen-bond acceptors (Lipinski definition) is 8. The van der Waals surface area contributed by atoms with Gasteiger partial charge in [-0.15, -0.1) is 0 Å². The second kappa shape index (κ2) is 11.9. The maximum atomic E-state index is 12.5. The lowest BCUT2D eigenvalue weighted by molar-refractivity contribution is -0.142. The quantitative estimate of drug-likeness (QED) is 0.138. The fraction of sp³-hybridized carbons (Fsp3) is 0.533. The van der Waals surface area contributed by atoms with Gasteiger partial charge in [0.1, 0.15) is 18.1 Å². The van der Waals surface area contributed by atoms with Gasteiger partial charge in [0.05, 0.1) is 25.3 Å². The topological polar surface area (TPSA) is 280 Å². The van der Waals surface area contributed by atoms with E-state index in [0.29, 0.717) is 0 Å². The van der Waals surface area contributed by atoms with Crippen LogP contribution >= 0.6 is 0 Å². The van der Waals surface area contributed by atoms with Gasteiger partial charge in [0.2, 0.25) is 35.4 Å². The van der Waals surface area contributed by atoms with Crippen molar-refractivity contribution in [3.63, 3.8) is 0 Å². The number of amides is 6. The molecule has 4 atom stereocenters. The molecule has 168 valence electrons. The minimum absolute atomic E-state index is 0.545. The molecule has 0 radical (unpaired) electrons. The van der Waals surface area contributed by atoms with E-state index < -0.39 is 84.8 Å². The Hall–Kier alpha value is -3.75. The van der Waals surface area contributed by atoms with Gasteiger partial charge in [-0.3, -0.25) is 33.6 Å². The zero-order valence-electron chi connectivity index (χ0n) is 16.0. The van der Waals surface area contributed by atoms with Crippen LogP contribution < -0.4 is 38.9 Å². The third-order valence-corrected chi connectivity index (χ3v) is 3.56. The van der Waals surface area contributed by atoms with Crippen molar-refractivity contribution in [1.82, 2.24) is 16.0 Å². The molecule has 0 aliphatic rings. The molecule has 0 heterocycles. The lowest BCUT2D eigenvalue weighted by atomic mass is 10.1. The molecule has 0 aromatic carbocycles. The van der Waals surface area contributed by atoms with Gasteiger partial charge in [-0.2, -0.15) is 0 Å². The molecule has 4 unspecified atom stereocenters. The second-order valence-electron chi connectivity index (χ2n) is 6.31. The van der Waals surface area contributed by atoms with Crippen molar-refractivity contribution in [3.05, 3.63) is 0 Å². The molecule has 30 heavy (non-hydrogen) atoms. The fourth-order valence-corrected chi connectivity index (χ4v) is 2.06. The normalized spacial score (nSPS) is 14.3. The number of aliphatic carboxylic acids is 1. The summed E-state index contributed by atoms with van der Waals surface area (Å²) in [5.41, 5.74) is 20.5. The van der Waals surface area contributed by atoms with E-state index in [1.54, 1.807) is 0 Å². The van der Waals surface area contributed by atoms with Gasteiger partial charge in [-0.05, 0) is 6.92 Å². The van der Waals surface area contributed by atoms with E-state index in [9.17, 15) is 33.6 Å². The van der Waals surface area contributed by atoms with Crippen molar-refractivity contribution in [2.45, 2.75) is 50.4 Å². The van der Waals surface area contributed by atoms with E-state index in [1.807, 2.05) is 5.32 Å². The first-order chi connectivity index (χ1) is 13.7. The highest BCUT2D eigenvalue weighted by Crippen LogP contribution is 2.00. The fourth-order valence-electron chi connectivity index (χ4n) is 2.06. The number of nitrogens with one attached hydrogen (secondary N) is 3. The summed E-state index contributed by atoms with van der Waals surface area (Å²) in [4.78, 5) is 80.8. The summed E-state index contributed by atoms with van der Waals surface area (Å²) in [6, 6.07) is -6.00. The van der Waals surface area contributed by atoms with Crippen molar-refractivity contribution in [2.75, 3.05) is 0 Å². The second-order valence-corrected chi connectivity index (χ2v) is 6.31. The van der Waals surface area contributed by atoms with Crippen LogP contribution in [0.4, 0.5) is 0 Å². The van der Waals surface area contributed by atoms with E-state index in [-0.39, 0.29) is 0 Å². The summed E-state index contributed by atoms with van der Waals surface area (Å²) in [5.74, 6) is -7.45. The number of carbonyl (C=O) groups is 7. The Bertz CT molecular complexity index is 726. The number of hydrogen-bond donors (Lipinski definition) is 8. The van der Waals surface area contributed by atoms with Crippen LogP contribution in [0, 0.1) is 0 Å². The molecule has 0 fully saturated rings. The Morgan fingerprint density at radius 3 is 1.43 bits per heavy atom. The van der Waals surface area contributed by atoms with Crippen molar-refractivity contribution in [2.24, 2.45) is 22.9 Å². The smallest absolute Gasteiger partial charge is 0.325 e. The number of primary amides is 3. The molecule has 0 aliphatic carbocycles. The van der Waals surface area contributed by atoms with E-state index >= 15 is 0 Å². The molecule has 0 rings (SSSR count). The number of carboxylic acids is 1. The molecular weight excluding hydrogens is 406 g/mol. The average Bonchev–Trinajstić information content (AvgIpc) is 2.58. The molecule has 0 spiro atoms. The third kappa shape index (κ3) is 9.98. The molecular formula is C15H25N7O8. The predicted molar refractivity (Wildman–Crippen MR) is 98.5 cm³/mol. The number of rotatable bonds is 13. The maximum absolute atomic E-state index is 12.5. The van der Waals surface area contributed by atoms with Crippen LogP contribution in [0.25, 0.3) is 0 Å². The zero-order valence-corrected chi connectivity index (χ0v) is 16.0. The Kier molecular flexibility index (Phi) is 10.5. The lowest BCUT2D eigenvalue weighted by Crippen LogP contribution is -2.58. The molecule has 0 aromatic heterocycles. The number of nitrogens with two attached hydrogens (primary N) is 4. The molecule has 15 nitrogen and oxygen atoms in total. The van der Waals surface area contributed by atoms with Crippen LogP contribution in [-0.2, 0) is 33.6 Å². The van der Waals surface area contributed by atoms with Gasteiger partial charge in [0, 0.05) is 0 Å². The molecule has 15 heteroatoms. The van der Waals surface area contributed by atoms with Gasteiger partial charge in [0.15, 0.2) is 0 Å². The number of carboxylic acid groups (broad SMARTS) is 1. The Labute approximate surface area is 170 Å². The molecule has 0 aliphatic heterocycles. The van der Waals surface area contributed by atoms with E-state index in [4.69, 9.17) is 28.0 Å². The Morgan fingerprint density at radius 2 is 1.07 bits per heavy atom. The van der Waals surface area contributed by atoms with Gasteiger partial charge in [-0.1, -0.05) is 0 Å². The van der Waals surface area contributed by atoms with Crippen molar-refractivity contribution in [3.8, 4) is 0 Å². The SMILES string of the molecule is CC(NC(=O)C(CC(N)=O)NC(=O)C(CC(N)=O)NC(=O)C(N)CC(N)=O)C(=O)O. The summed E-state index contributed by atoms with van der Waals surface area (Å²) in [6.45, 7) is 1.14. The minimum Gasteiger partial charge on any atom is -0.480 e. The van der Waals surface area contributed by atoms with E-state index in [1.165, 1.54) is 0 Å². The van der Waals surface area contributed by atoms with Crippen LogP contribution in [0.15, 0.2) is 0 Å². The standard InChI is InChI=1S/C15H25N7O8/c1-5(15(29)30)20-13(27)7(3-10(18)24)22-14(28)8(4-11(19)25)21-12(26)6(16)2-9(17)23/h5-8H,2-4,16H2,1H3,(H2,17,23)(H2,18,24)(H2,19,25)(H,20,27)(H,21,26)(H,22,28)(H,29,30). The summed E-state index contributed by atoms with van der Waals surface area (Å²) in [6.07, 6.45) is -1.96. The monoisotopic (exact) mass is 431 g/mol. The number of carbonyl (C=O) groups excluding carboxylic acids is 6. The third-order valence-electron chi connectivity index (χ3n) is 3.56. The molecule has 6 amide bonds. The van der Waals surface area contributed by atoms with Gasteiger partial charge >= 0.3 is 5.97 Å². The molecule has 0 saturated carbocycles. The van der Waals surface area contributed by atoms with Crippen molar-refractivity contribution >= 4 is 41.4 Å². The summed E-state index contributed by atoms with van der Waals surface area (Å²) < 4.78 is 0. The lowest BCUT2D eigenvalue weighted by Gasteiger charge is -2.23. The Morgan fingerprint density at radius 1 is 0.700 bits per heavy atom. The molecule has 0 bridgehead atoms. The first-order valence-electron chi connectivity index (χ1n) is 8.49. The van der Waals surface area contributed by atoms with Gasteiger partial charge in [0.25, 0.3) is 0 Å². The molecule has 12 N–H and O–H groups in total. The first kappa shape index (κ1) is 26.2. The maximum Gasteiger partial charge on any atom is 0.325 e. The van der Waals surface area contributed by atoms with Crippen LogP contribution in [-0.4, -0.2) is 70.7 Å². The molecule has 0 saturated heterocycles. The first-order valence-corrected chi connectivity index (χ1v) is 8.49. The zero-order chi connectivity index (χ0) is 23.6. The van der Waals surface area contributed by atoms with Crippen LogP contribution in [0.1, 0.15) is 26.2 Å². The van der Waals surface area contributed by atoms with Crippen LogP contribution in [0.3, 0.4) is 0 Å². The van der Waals surface area contributed by atoms with Gasteiger partial charge in [-0.25, -0.2) is 0 Å². The highest BCUT2D eigenvalue weighted by molar-refractivity contribution is 5.98. The predicted octanol–water partition coefficient (Wildman–Crippen LogP) is -5.50. The highest BCUT2D eigenvalue weighted by Gasteiger charge is 2.31. The van der Waals surface area contributed by atoms with Crippen molar-refractivity contribution in [1.29, 1.82) is 0 Å². The summed E-state index contributed by atoms with van der Waals surface area (Å²) in [5, 5.41) is 15.0. The highest BCUT2D eigenvalue weighted by atomic mass is 16.4. The molecule has 0 aromatic rings. The largest absolute Gasteiger partial charge is 0.480 e. The van der Waals surface area contributed by atoms with Crippen LogP contribution in [0.5, 0.6) is 0 Å².